The first-order chi connectivity index (χ1) is 7.34. The van der Waals surface area contributed by atoms with E-state index in [1.54, 1.807) is 0 Å². The summed E-state index contributed by atoms with van der Waals surface area (Å²) in [5, 5.41) is 3.67. The fourth-order valence-corrected chi connectivity index (χ4v) is 2.35. The highest BCUT2D eigenvalue weighted by atomic mass is 16.5. The summed E-state index contributed by atoms with van der Waals surface area (Å²) in [5.74, 6) is 1.95. The summed E-state index contributed by atoms with van der Waals surface area (Å²) in [6, 6.07) is 9.37. The second-order valence-corrected chi connectivity index (χ2v) is 4.69. The van der Waals surface area contributed by atoms with Gasteiger partial charge in [0, 0.05) is 11.6 Å². The van der Waals surface area contributed by atoms with Crippen molar-refractivity contribution in [1.29, 1.82) is 0 Å². The van der Waals surface area contributed by atoms with Gasteiger partial charge < -0.3 is 10.1 Å². The van der Waals surface area contributed by atoms with Crippen molar-refractivity contribution in [3.63, 3.8) is 0 Å². The first-order valence-electron chi connectivity index (χ1n) is 5.82. The highest BCUT2D eigenvalue weighted by Gasteiger charge is 2.32. The molecular formula is C13H17NO. The summed E-state index contributed by atoms with van der Waals surface area (Å²) in [6.07, 6.45) is 2.78. The first-order valence-corrected chi connectivity index (χ1v) is 5.82. The molecular weight excluding hydrogens is 186 g/mol. The number of hydrogen-bond donors (Lipinski definition) is 1. The SMILES string of the molecule is CC(NC1COc2ccccc21)C1CC1. The molecule has 2 heteroatoms. The number of benzene rings is 1. The Morgan fingerprint density at radius 2 is 2.13 bits per heavy atom. The van der Waals surface area contributed by atoms with E-state index in [1.807, 2.05) is 6.07 Å². The van der Waals surface area contributed by atoms with Gasteiger partial charge in [-0.05, 0) is 31.7 Å². The van der Waals surface area contributed by atoms with E-state index in [9.17, 15) is 0 Å². The molecule has 2 atom stereocenters. The van der Waals surface area contributed by atoms with E-state index in [1.165, 1.54) is 18.4 Å². The van der Waals surface area contributed by atoms with Crippen molar-refractivity contribution < 1.29 is 4.74 Å². The smallest absolute Gasteiger partial charge is 0.124 e. The zero-order valence-corrected chi connectivity index (χ0v) is 9.07. The fourth-order valence-electron chi connectivity index (χ4n) is 2.35. The molecule has 1 aromatic rings. The standard InChI is InChI=1S/C13H17NO/c1-9(10-6-7-10)14-12-8-15-13-5-3-2-4-11(12)13/h2-5,9-10,12,14H,6-8H2,1H3. The summed E-state index contributed by atoms with van der Waals surface area (Å²) < 4.78 is 5.65. The Balaban J connectivity index is 1.73. The molecule has 1 fully saturated rings. The van der Waals surface area contributed by atoms with Crippen molar-refractivity contribution in [3.8, 4) is 5.75 Å². The third kappa shape index (κ3) is 1.74. The molecule has 0 aromatic heterocycles. The summed E-state index contributed by atoms with van der Waals surface area (Å²) in [6.45, 7) is 3.08. The molecule has 1 heterocycles. The van der Waals surface area contributed by atoms with Crippen LogP contribution in [0.5, 0.6) is 5.75 Å². The van der Waals surface area contributed by atoms with Crippen LogP contribution in [0.1, 0.15) is 31.4 Å². The number of hydrogen-bond acceptors (Lipinski definition) is 2. The van der Waals surface area contributed by atoms with Crippen LogP contribution in [0.2, 0.25) is 0 Å². The van der Waals surface area contributed by atoms with E-state index in [4.69, 9.17) is 4.74 Å². The Morgan fingerprint density at radius 3 is 2.93 bits per heavy atom. The maximum Gasteiger partial charge on any atom is 0.124 e. The van der Waals surface area contributed by atoms with Crippen LogP contribution in [0.3, 0.4) is 0 Å². The van der Waals surface area contributed by atoms with Crippen LogP contribution >= 0.6 is 0 Å². The zero-order chi connectivity index (χ0) is 10.3. The average molecular weight is 203 g/mol. The lowest BCUT2D eigenvalue weighted by atomic mass is 10.1. The van der Waals surface area contributed by atoms with E-state index >= 15 is 0 Å². The molecule has 0 saturated heterocycles. The van der Waals surface area contributed by atoms with Gasteiger partial charge in [-0.3, -0.25) is 0 Å². The molecule has 1 saturated carbocycles. The van der Waals surface area contributed by atoms with Crippen LogP contribution in [-0.2, 0) is 0 Å². The molecule has 2 unspecified atom stereocenters. The van der Waals surface area contributed by atoms with Gasteiger partial charge in [-0.2, -0.15) is 0 Å². The van der Waals surface area contributed by atoms with Crippen molar-refractivity contribution in [2.45, 2.75) is 31.8 Å². The minimum atomic E-state index is 0.400. The van der Waals surface area contributed by atoms with E-state index < -0.39 is 0 Å². The topological polar surface area (TPSA) is 21.3 Å². The van der Waals surface area contributed by atoms with Gasteiger partial charge >= 0.3 is 0 Å². The third-order valence-corrected chi connectivity index (χ3v) is 3.49. The Morgan fingerprint density at radius 1 is 1.33 bits per heavy atom. The lowest BCUT2D eigenvalue weighted by molar-refractivity contribution is 0.294. The summed E-state index contributed by atoms with van der Waals surface area (Å²) in [5.41, 5.74) is 1.32. The molecule has 3 rings (SSSR count). The van der Waals surface area contributed by atoms with E-state index in [2.05, 4.69) is 30.4 Å². The summed E-state index contributed by atoms with van der Waals surface area (Å²) in [7, 11) is 0. The van der Waals surface area contributed by atoms with Crippen molar-refractivity contribution in [3.05, 3.63) is 29.8 Å². The molecule has 1 aliphatic heterocycles. The largest absolute Gasteiger partial charge is 0.491 e. The number of para-hydroxylation sites is 1. The molecule has 2 nitrogen and oxygen atoms in total. The molecule has 0 amide bonds. The van der Waals surface area contributed by atoms with Crippen LogP contribution in [0, 0.1) is 5.92 Å². The lowest BCUT2D eigenvalue weighted by Gasteiger charge is -2.18. The van der Waals surface area contributed by atoms with Gasteiger partial charge in [0.25, 0.3) is 0 Å². The Hall–Kier alpha value is -1.02. The molecule has 0 bridgehead atoms. The maximum absolute atomic E-state index is 5.65. The van der Waals surface area contributed by atoms with E-state index in [-0.39, 0.29) is 0 Å². The Kier molecular flexibility index (Phi) is 2.17. The van der Waals surface area contributed by atoms with Crippen LogP contribution in [-0.4, -0.2) is 12.6 Å². The fraction of sp³-hybridized carbons (Fsp3) is 0.538. The zero-order valence-electron chi connectivity index (χ0n) is 9.07. The molecule has 1 N–H and O–H groups in total. The predicted octanol–water partition coefficient (Wildman–Crippen LogP) is 2.51. The van der Waals surface area contributed by atoms with Crippen molar-refractivity contribution >= 4 is 0 Å². The number of ether oxygens (including phenoxy) is 1. The number of rotatable bonds is 3. The predicted molar refractivity (Wildman–Crippen MR) is 60.0 cm³/mol. The minimum absolute atomic E-state index is 0.400. The molecule has 0 spiro atoms. The highest BCUT2D eigenvalue weighted by molar-refractivity contribution is 5.39. The van der Waals surface area contributed by atoms with Crippen LogP contribution in [0.15, 0.2) is 24.3 Å². The number of fused-ring (bicyclic) bond motifs is 1. The summed E-state index contributed by atoms with van der Waals surface area (Å²) >= 11 is 0. The van der Waals surface area contributed by atoms with Gasteiger partial charge in [0.05, 0.1) is 6.04 Å². The molecule has 0 radical (unpaired) electrons. The van der Waals surface area contributed by atoms with Gasteiger partial charge in [0.2, 0.25) is 0 Å². The van der Waals surface area contributed by atoms with Crippen molar-refractivity contribution in [2.75, 3.05) is 6.61 Å². The molecule has 80 valence electrons. The number of nitrogens with one attached hydrogen (secondary N) is 1. The van der Waals surface area contributed by atoms with Gasteiger partial charge in [0.15, 0.2) is 0 Å². The molecule has 15 heavy (non-hydrogen) atoms. The Bertz CT molecular complexity index is 359. The quantitative estimate of drug-likeness (QED) is 0.815. The first kappa shape index (κ1) is 9.22. The second kappa shape index (κ2) is 3.53. The molecule has 1 aliphatic carbocycles. The van der Waals surface area contributed by atoms with Crippen LogP contribution in [0.25, 0.3) is 0 Å². The second-order valence-electron chi connectivity index (χ2n) is 4.69. The monoisotopic (exact) mass is 203 g/mol. The normalized spacial score (nSPS) is 25.8. The average Bonchev–Trinajstić information content (AvgIpc) is 3.03. The minimum Gasteiger partial charge on any atom is -0.491 e. The van der Waals surface area contributed by atoms with E-state index in [0.717, 1.165) is 18.3 Å². The van der Waals surface area contributed by atoms with Gasteiger partial charge in [-0.15, -0.1) is 0 Å². The molecule has 2 aliphatic rings. The third-order valence-electron chi connectivity index (χ3n) is 3.49. The van der Waals surface area contributed by atoms with Crippen LogP contribution < -0.4 is 10.1 Å². The lowest BCUT2D eigenvalue weighted by Crippen LogP contribution is -2.32. The van der Waals surface area contributed by atoms with E-state index in [0.29, 0.717) is 12.1 Å². The van der Waals surface area contributed by atoms with Gasteiger partial charge in [-0.25, -0.2) is 0 Å². The molecule has 1 aromatic carbocycles. The van der Waals surface area contributed by atoms with Crippen molar-refractivity contribution in [2.24, 2.45) is 5.92 Å². The summed E-state index contributed by atoms with van der Waals surface area (Å²) in [4.78, 5) is 0. The van der Waals surface area contributed by atoms with Crippen molar-refractivity contribution in [1.82, 2.24) is 5.32 Å². The maximum atomic E-state index is 5.65. The van der Waals surface area contributed by atoms with Crippen LogP contribution in [0.4, 0.5) is 0 Å². The van der Waals surface area contributed by atoms with Gasteiger partial charge in [-0.1, -0.05) is 18.2 Å². The van der Waals surface area contributed by atoms with Gasteiger partial charge in [0.1, 0.15) is 12.4 Å². The Labute approximate surface area is 90.6 Å². The highest BCUT2D eigenvalue weighted by Crippen LogP contribution is 2.36.